The first-order valence-electron chi connectivity index (χ1n) is 4.60. The van der Waals surface area contributed by atoms with Crippen molar-refractivity contribution in [1.82, 2.24) is 4.31 Å². The van der Waals surface area contributed by atoms with Gasteiger partial charge in [-0.15, -0.1) is 0 Å². The molecule has 98 valence electrons. The zero-order valence-electron chi connectivity index (χ0n) is 9.10. The molecule has 0 aliphatic rings. The highest BCUT2D eigenvalue weighted by atomic mass is 35.6. The molecule has 0 saturated heterocycles. The first kappa shape index (κ1) is 15.4. The van der Waals surface area contributed by atoms with Gasteiger partial charge in [0.05, 0.1) is 5.56 Å². The van der Waals surface area contributed by atoms with Crippen LogP contribution in [0, 0.1) is 0 Å². The smallest absolute Gasteiger partial charge is 0.372 e. The SMILES string of the molecule is CN(SC(Cl)(Cl)Cl)C(=O)OC(=O)c1ccccc1. The van der Waals surface area contributed by atoms with E-state index in [4.69, 9.17) is 34.8 Å². The second kappa shape index (κ2) is 6.52. The first-order chi connectivity index (χ1) is 8.29. The molecule has 0 aromatic heterocycles. The lowest BCUT2D eigenvalue weighted by Gasteiger charge is -2.18. The van der Waals surface area contributed by atoms with Gasteiger partial charge in [0.1, 0.15) is 0 Å². The van der Waals surface area contributed by atoms with Gasteiger partial charge in [0.25, 0.3) is 3.12 Å². The van der Waals surface area contributed by atoms with Crippen molar-refractivity contribution in [2.75, 3.05) is 7.05 Å². The molecule has 0 radical (unpaired) electrons. The Hall–Kier alpha value is -0.620. The van der Waals surface area contributed by atoms with E-state index in [9.17, 15) is 9.59 Å². The highest BCUT2D eigenvalue weighted by Crippen LogP contribution is 2.40. The number of esters is 1. The van der Waals surface area contributed by atoms with E-state index in [2.05, 4.69) is 4.74 Å². The molecular weight excluding hydrogens is 321 g/mol. The molecule has 0 saturated carbocycles. The Morgan fingerprint density at radius 1 is 1.22 bits per heavy atom. The largest absolute Gasteiger partial charge is 0.427 e. The minimum Gasteiger partial charge on any atom is -0.372 e. The van der Waals surface area contributed by atoms with Crippen LogP contribution in [0.1, 0.15) is 10.4 Å². The summed E-state index contributed by atoms with van der Waals surface area (Å²) in [7, 11) is 1.33. The fourth-order valence-electron chi connectivity index (χ4n) is 0.969. The van der Waals surface area contributed by atoms with E-state index < -0.39 is 15.2 Å². The fourth-order valence-corrected chi connectivity index (χ4v) is 2.32. The van der Waals surface area contributed by atoms with Crippen molar-refractivity contribution in [2.24, 2.45) is 0 Å². The van der Waals surface area contributed by atoms with Crippen LogP contribution < -0.4 is 0 Å². The topological polar surface area (TPSA) is 46.6 Å². The average molecular weight is 329 g/mol. The number of carbonyl (C=O) groups excluding carboxylic acids is 2. The number of alkyl halides is 3. The van der Waals surface area contributed by atoms with Crippen LogP contribution in [0.15, 0.2) is 30.3 Å². The van der Waals surface area contributed by atoms with Gasteiger partial charge >= 0.3 is 12.1 Å². The summed E-state index contributed by atoms with van der Waals surface area (Å²) in [4.78, 5) is 23.0. The monoisotopic (exact) mass is 327 g/mol. The molecule has 0 fully saturated rings. The van der Waals surface area contributed by atoms with E-state index >= 15 is 0 Å². The Labute approximate surface area is 123 Å². The normalized spacial score (nSPS) is 10.9. The molecule has 1 aromatic carbocycles. The van der Waals surface area contributed by atoms with Crippen LogP contribution in [0.25, 0.3) is 0 Å². The second-order valence-electron chi connectivity index (χ2n) is 3.06. The molecular formula is C10H8Cl3NO3S. The van der Waals surface area contributed by atoms with Crippen LogP contribution >= 0.6 is 46.8 Å². The lowest BCUT2D eigenvalue weighted by Crippen LogP contribution is -2.26. The van der Waals surface area contributed by atoms with Crippen LogP contribution in [0.2, 0.25) is 0 Å². The van der Waals surface area contributed by atoms with Gasteiger partial charge in [-0.25, -0.2) is 9.59 Å². The summed E-state index contributed by atoms with van der Waals surface area (Å²) >= 11 is 17.1. The maximum Gasteiger partial charge on any atom is 0.427 e. The number of halogens is 3. The van der Waals surface area contributed by atoms with E-state index in [0.29, 0.717) is 11.9 Å². The predicted octanol–water partition coefficient (Wildman–Crippen LogP) is 3.87. The Morgan fingerprint density at radius 3 is 2.28 bits per heavy atom. The quantitative estimate of drug-likeness (QED) is 0.358. The summed E-state index contributed by atoms with van der Waals surface area (Å²) in [5.41, 5.74) is 0.262. The number of benzene rings is 1. The average Bonchev–Trinajstić information content (AvgIpc) is 2.27. The maximum atomic E-state index is 11.5. The Kier molecular flexibility index (Phi) is 5.59. The number of carbonyl (C=O) groups is 2. The third-order valence-corrected chi connectivity index (χ3v) is 2.94. The number of amides is 1. The standard InChI is InChI=1S/C10H8Cl3NO3S/c1-14(18-10(11,12)13)9(16)17-8(15)7-5-3-2-4-6-7/h2-6H,1H3. The van der Waals surface area contributed by atoms with E-state index in [1.54, 1.807) is 18.2 Å². The van der Waals surface area contributed by atoms with E-state index in [1.165, 1.54) is 19.2 Å². The van der Waals surface area contributed by atoms with Gasteiger partial charge in [-0.3, -0.25) is 4.31 Å². The number of hydrogen-bond acceptors (Lipinski definition) is 4. The van der Waals surface area contributed by atoms with Gasteiger partial charge in [-0.05, 0) is 12.1 Å². The molecule has 0 spiro atoms. The van der Waals surface area contributed by atoms with E-state index in [1.807, 2.05) is 0 Å². The van der Waals surface area contributed by atoms with E-state index in [-0.39, 0.29) is 5.56 Å². The summed E-state index contributed by atoms with van der Waals surface area (Å²) in [6.07, 6.45) is -0.917. The maximum absolute atomic E-state index is 11.5. The van der Waals surface area contributed by atoms with Gasteiger partial charge in [-0.2, -0.15) is 0 Å². The molecule has 1 amide bonds. The van der Waals surface area contributed by atoms with Crippen molar-refractivity contribution in [2.45, 2.75) is 3.12 Å². The summed E-state index contributed by atoms with van der Waals surface area (Å²) in [5.74, 6) is -0.766. The lowest BCUT2D eigenvalue weighted by atomic mass is 10.2. The predicted molar refractivity (Wildman–Crippen MR) is 72.9 cm³/mol. The molecule has 0 bridgehead atoms. The highest BCUT2D eigenvalue weighted by Gasteiger charge is 2.28. The minimum atomic E-state index is -1.70. The number of ether oxygens (including phenoxy) is 1. The van der Waals surface area contributed by atoms with Gasteiger partial charge in [0.2, 0.25) is 0 Å². The van der Waals surface area contributed by atoms with E-state index in [0.717, 1.165) is 4.31 Å². The van der Waals surface area contributed by atoms with Gasteiger partial charge in [-0.1, -0.05) is 53.0 Å². The van der Waals surface area contributed by atoms with Crippen molar-refractivity contribution in [1.29, 1.82) is 0 Å². The summed E-state index contributed by atoms with van der Waals surface area (Å²) in [6.45, 7) is 0. The van der Waals surface area contributed by atoms with Crippen LogP contribution in [0.3, 0.4) is 0 Å². The van der Waals surface area contributed by atoms with Crippen LogP contribution in [-0.4, -0.2) is 26.5 Å². The molecule has 0 heterocycles. The zero-order valence-corrected chi connectivity index (χ0v) is 12.2. The number of nitrogens with zero attached hydrogens (tertiary/aromatic N) is 1. The molecule has 8 heteroatoms. The van der Waals surface area contributed by atoms with Crippen molar-refractivity contribution < 1.29 is 14.3 Å². The molecule has 4 nitrogen and oxygen atoms in total. The van der Waals surface area contributed by atoms with Crippen LogP contribution in [0.5, 0.6) is 0 Å². The van der Waals surface area contributed by atoms with Crippen molar-refractivity contribution in [3.05, 3.63) is 35.9 Å². The summed E-state index contributed by atoms with van der Waals surface area (Å²) < 4.78 is 3.82. The van der Waals surface area contributed by atoms with Crippen LogP contribution in [0.4, 0.5) is 4.79 Å². The second-order valence-corrected chi connectivity index (χ2v) is 7.35. The zero-order chi connectivity index (χ0) is 13.8. The Bertz CT molecular complexity index is 436. The lowest BCUT2D eigenvalue weighted by molar-refractivity contribution is 0.0599. The molecule has 18 heavy (non-hydrogen) atoms. The van der Waals surface area contributed by atoms with Gasteiger partial charge < -0.3 is 4.74 Å². The molecule has 0 unspecified atom stereocenters. The van der Waals surface area contributed by atoms with Crippen molar-refractivity contribution in [3.63, 3.8) is 0 Å². The Balaban J connectivity index is 2.58. The molecule has 1 aromatic rings. The Morgan fingerprint density at radius 2 is 1.78 bits per heavy atom. The van der Waals surface area contributed by atoms with Crippen LogP contribution in [-0.2, 0) is 4.74 Å². The molecule has 0 N–H and O–H groups in total. The first-order valence-corrected chi connectivity index (χ1v) is 6.51. The minimum absolute atomic E-state index is 0.262. The van der Waals surface area contributed by atoms with Crippen molar-refractivity contribution >= 4 is 58.8 Å². The molecule has 0 aliphatic heterocycles. The third-order valence-electron chi connectivity index (χ3n) is 1.69. The number of hydrogen-bond donors (Lipinski definition) is 0. The highest BCUT2D eigenvalue weighted by molar-refractivity contribution is 8.03. The fraction of sp³-hybridized carbons (Fsp3) is 0.200. The van der Waals surface area contributed by atoms with Gasteiger partial charge in [0, 0.05) is 19.0 Å². The van der Waals surface area contributed by atoms with Gasteiger partial charge in [0.15, 0.2) is 0 Å². The summed E-state index contributed by atoms with van der Waals surface area (Å²) in [6, 6.07) is 8.10. The van der Waals surface area contributed by atoms with Crippen molar-refractivity contribution in [3.8, 4) is 0 Å². The summed E-state index contributed by atoms with van der Waals surface area (Å²) in [5, 5.41) is 0. The molecule has 0 atom stereocenters. The molecule has 1 rings (SSSR count). The third kappa shape index (κ3) is 5.35. The number of rotatable bonds is 2. The molecule has 0 aliphatic carbocycles.